The molecule has 122 valence electrons. The molecule has 0 atom stereocenters. The summed E-state index contributed by atoms with van der Waals surface area (Å²) in [6.45, 7) is 9.52. The monoisotopic (exact) mass is 308 g/mol. The van der Waals surface area contributed by atoms with Crippen molar-refractivity contribution in [1.29, 1.82) is 0 Å². The fourth-order valence-corrected chi connectivity index (χ4v) is 1.68. The summed E-state index contributed by atoms with van der Waals surface area (Å²) in [6.07, 6.45) is 0.548. The molecule has 0 unspecified atom stereocenters. The number of nitrogens with zero attached hydrogens (tertiary/aromatic N) is 2. The molecular formula is C16H24N2O4. The second-order valence-corrected chi connectivity index (χ2v) is 5.78. The molecule has 0 aliphatic heterocycles. The highest BCUT2D eigenvalue weighted by Crippen LogP contribution is 2.19. The summed E-state index contributed by atoms with van der Waals surface area (Å²) in [7, 11) is 0. The van der Waals surface area contributed by atoms with E-state index in [0.717, 1.165) is 0 Å². The molecule has 0 spiro atoms. The van der Waals surface area contributed by atoms with E-state index in [1.165, 1.54) is 4.90 Å². The van der Waals surface area contributed by atoms with Gasteiger partial charge in [0.25, 0.3) is 0 Å². The van der Waals surface area contributed by atoms with Crippen LogP contribution in [-0.2, 0) is 9.53 Å². The normalized spacial score (nSPS) is 11.0. The first-order chi connectivity index (χ1) is 10.3. The van der Waals surface area contributed by atoms with Crippen molar-refractivity contribution in [2.45, 2.75) is 53.1 Å². The van der Waals surface area contributed by atoms with Gasteiger partial charge in [-0.2, -0.15) is 4.98 Å². The van der Waals surface area contributed by atoms with Crippen LogP contribution in [0.3, 0.4) is 0 Å². The third kappa shape index (κ3) is 5.71. The standard InChI is InChI=1S/C16H24N2O4/c1-6-9-14(19)21-13-11-8-10-12(17-13)18(7-2)15(20)22-16(3,4)5/h8,10-11H,6-7,9H2,1-5H3. The highest BCUT2D eigenvalue weighted by Gasteiger charge is 2.23. The van der Waals surface area contributed by atoms with Gasteiger partial charge in [-0.05, 0) is 40.2 Å². The van der Waals surface area contributed by atoms with Gasteiger partial charge in [0.1, 0.15) is 11.4 Å². The number of pyridine rings is 1. The van der Waals surface area contributed by atoms with Gasteiger partial charge in [-0.1, -0.05) is 13.0 Å². The minimum atomic E-state index is -0.588. The van der Waals surface area contributed by atoms with Crippen molar-refractivity contribution >= 4 is 17.9 Å². The van der Waals surface area contributed by atoms with Gasteiger partial charge in [-0.25, -0.2) is 4.79 Å². The molecule has 1 heterocycles. The predicted octanol–water partition coefficient (Wildman–Crippen LogP) is 3.55. The molecule has 22 heavy (non-hydrogen) atoms. The van der Waals surface area contributed by atoms with Crippen molar-refractivity contribution in [2.75, 3.05) is 11.4 Å². The molecule has 0 aliphatic carbocycles. The van der Waals surface area contributed by atoms with Crippen molar-refractivity contribution in [2.24, 2.45) is 0 Å². The van der Waals surface area contributed by atoms with Crippen LogP contribution in [0.25, 0.3) is 0 Å². The molecular weight excluding hydrogens is 284 g/mol. The highest BCUT2D eigenvalue weighted by molar-refractivity contribution is 5.86. The van der Waals surface area contributed by atoms with Crippen LogP contribution >= 0.6 is 0 Å². The lowest BCUT2D eigenvalue weighted by molar-refractivity contribution is -0.134. The van der Waals surface area contributed by atoms with Crippen molar-refractivity contribution in [3.63, 3.8) is 0 Å². The number of amides is 1. The third-order valence-electron chi connectivity index (χ3n) is 2.59. The molecule has 0 radical (unpaired) electrons. The Kier molecular flexibility index (Phi) is 6.34. The van der Waals surface area contributed by atoms with Crippen LogP contribution in [0.1, 0.15) is 47.5 Å². The summed E-state index contributed by atoms with van der Waals surface area (Å²) < 4.78 is 10.5. The number of carbonyl (C=O) groups excluding carboxylic acids is 2. The Hall–Kier alpha value is -2.11. The number of carbonyl (C=O) groups is 2. The van der Waals surface area contributed by atoms with E-state index in [1.54, 1.807) is 39.0 Å². The molecule has 0 bridgehead atoms. The van der Waals surface area contributed by atoms with Crippen LogP contribution in [0, 0.1) is 0 Å². The van der Waals surface area contributed by atoms with Crippen LogP contribution in [0.15, 0.2) is 18.2 Å². The van der Waals surface area contributed by atoms with E-state index in [-0.39, 0.29) is 11.8 Å². The first-order valence-corrected chi connectivity index (χ1v) is 7.45. The molecule has 0 saturated carbocycles. The Morgan fingerprint density at radius 1 is 1.23 bits per heavy atom. The van der Waals surface area contributed by atoms with Crippen LogP contribution < -0.4 is 9.64 Å². The number of aromatic nitrogens is 1. The summed E-state index contributed by atoms with van der Waals surface area (Å²) in [4.78, 5) is 29.3. The van der Waals surface area contributed by atoms with E-state index < -0.39 is 11.7 Å². The lowest BCUT2D eigenvalue weighted by atomic mass is 10.2. The number of ether oxygens (including phenoxy) is 2. The third-order valence-corrected chi connectivity index (χ3v) is 2.59. The zero-order valence-corrected chi connectivity index (χ0v) is 13.9. The summed E-state index contributed by atoms with van der Waals surface area (Å²) in [6, 6.07) is 4.94. The van der Waals surface area contributed by atoms with Gasteiger partial charge in [0.05, 0.1) is 0 Å². The molecule has 0 aromatic carbocycles. The Morgan fingerprint density at radius 2 is 1.91 bits per heavy atom. The molecule has 0 saturated heterocycles. The summed E-state index contributed by atoms with van der Waals surface area (Å²) in [5.41, 5.74) is -0.588. The SMILES string of the molecule is CCCC(=O)Oc1cccc(N(CC)C(=O)OC(C)(C)C)n1. The van der Waals surface area contributed by atoms with Crippen LogP contribution in [0.5, 0.6) is 5.88 Å². The van der Waals surface area contributed by atoms with Crippen molar-refractivity contribution in [1.82, 2.24) is 4.98 Å². The molecule has 6 heteroatoms. The van der Waals surface area contributed by atoms with Crippen molar-refractivity contribution < 1.29 is 19.1 Å². The molecule has 1 rings (SSSR count). The first kappa shape index (κ1) is 17.9. The van der Waals surface area contributed by atoms with E-state index in [9.17, 15) is 9.59 Å². The number of hydrogen-bond acceptors (Lipinski definition) is 5. The largest absolute Gasteiger partial charge is 0.443 e. The van der Waals surface area contributed by atoms with Gasteiger partial charge < -0.3 is 9.47 Å². The van der Waals surface area contributed by atoms with E-state index in [1.807, 2.05) is 13.8 Å². The average Bonchev–Trinajstić information content (AvgIpc) is 2.38. The predicted molar refractivity (Wildman–Crippen MR) is 84.0 cm³/mol. The van der Waals surface area contributed by atoms with Gasteiger partial charge in [0.2, 0.25) is 5.88 Å². The van der Waals surface area contributed by atoms with Crippen molar-refractivity contribution in [3.8, 4) is 5.88 Å². The Labute approximate surface area is 131 Å². The Balaban J connectivity index is 2.89. The van der Waals surface area contributed by atoms with Crippen LogP contribution in [-0.4, -0.2) is 29.2 Å². The number of hydrogen-bond donors (Lipinski definition) is 0. The maximum Gasteiger partial charge on any atom is 0.415 e. The number of esters is 1. The molecule has 1 amide bonds. The minimum absolute atomic E-state index is 0.179. The lowest BCUT2D eigenvalue weighted by Gasteiger charge is -2.26. The first-order valence-electron chi connectivity index (χ1n) is 7.45. The van der Waals surface area contributed by atoms with Gasteiger partial charge >= 0.3 is 12.1 Å². The molecule has 6 nitrogen and oxygen atoms in total. The Bertz CT molecular complexity index is 523. The zero-order chi connectivity index (χ0) is 16.8. The van der Waals surface area contributed by atoms with Gasteiger partial charge in [0.15, 0.2) is 0 Å². The molecule has 0 aliphatic rings. The molecule has 0 fully saturated rings. The van der Waals surface area contributed by atoms with E-state index >= 15 is 0 Å². The summed E-state index contributed by atoms with van der Waals surface area (Å²) in [5.74, 6) is 0.226. The summed E-state index contributed by atoms with van der Waals surface area (Å²) >= 11 is 0. The second kappa shape index (κ2) is 7.77. The molecule has 1 aromatic rings. The van der Waals surface area contributed by atoms with E-state index in [4.69, 9.17) is 9.47 Å². The van der Waals surface area contributed by atoms with Crippen LogP contribution in [0.2, 0.25) is 0 Å². The van der Waals surface area contributed by atoms with Crippen molar-refractivity contribution in [3.05, 3.63) is 18.2 Å². The second-order valence-electron chi connectivity index (χ2n) is 5.78. The van der Waals surface area contributed by atoms with Crippen LogP contribution in [0.4, 0.5) is 10.6 Å². The maximum absolute atomic E-state index is 12.2. The fourth-order valence-electron chi connectivity index (χ4n) is 1.68. The lowest BCUT2D eigenvalue weighted by Crippen LogP contribution is -2.37. The summed E-state index contributed by atoms with van der Waals surface area (Å²) in [5, 5.41) is 0. The fraction of sp³-hybridized carbons (Fsp3) is 0.562. The van der Waals surface area contributed by atoms with Gasteiger partial charge in [-0.3, -0.25) is 9.69 Å². The quantitative estimate of drug-likeness (QED) is 0.778. The average molecular weight is 308 g/mol. The van der Waals surface area contributed by atoms with E-state index in [0.29, 0.717) is 25.2 Å². The van der Waals surface area contributed by atoms with E-state index in [2.05, 4.69) is 4.98 Å². The Morgan fingerprint density at radius 3 is 2.45 bits per heavy atom. The molecule has 0 N–H and O–H groups in total. The number of anilines is 1. The van der Waals surface area contributed by atoms with Gasteiger partial charge in [0, 0.05) is 19.0 Å². The zero-order valence-electron chi connectivity index (χ0n) is 13.9. The number of rotatable bonds is 5. The topological polar surface area (TPSA) is 68.7 Å². The molecule has 1 aromatic heterocycles. The van der Waals surface area contributed by atoms with Gasteiger partial charge in [-0.15, -0.1) is 0 Å². The smallest absolute Gasteiger partial charge is 0.415 e. The highest BCUT2D eigenvalue weighted by atomic mass is 16.6. The maximum atomic E-state index is 12.2. The minimum Gasteiger partial charge on any atom is -0.443 e.